The lowest BCUT2D eigenvalue weighted by molar-refractivity contribution is 0.0699. The number of aromatic nitrogens is 1. The van der Waals surface area contributed by atoms with Crippen molar-refractivity contribution in [3.63, 3.8) is 0 Å². The molecule has 0 saturated carbocycles. The molecule has 9 heteroatoms. The number of carbonyl (C=O) groups is 1. The van der Waals surface area contributed by atoms with Crippen LogP contribution in [0.25, 0.3) is 10.9 Å². The molecule has 0 bridgehead atoms. The highest BCUT2D eigenvalue weighted by Crippen LogP contribution is 2.39. The van der Waals surface area contributed by atoms with Crippen LogP contribution in [0.15, 0.2) is 52.0 Å². The molecule has 7 nitrogen and oxygen atoms in total. The molecule has 0 saturated heterocycles. The first-order valence-corrected chi connectivity index (χ1v) is 9.30. The van der Waals surface area contributed by atoms with E-state index in [4.69, 9.17) is 9.47 Å². The minimum Gasteiger partial charge on any atom is -0.478 e. The first kappa shape index (κ1) is 16.0. The fourth-order valence-corrected chi connectivity index (χ4v) is 4.30. The van der Waals surface area contributed by atoms with Crippen molar-refractivity contribution in [1.29, 1.82) is 0 Å². The van der Waals surface area contributed by atoms with E-state index in [1.807, 2.05) is 0 Å². The number of carboxylic acid groups (broad SMARTS) is 1. The van der Waals surface area contributed by atoms with Gasteiger partial charge in [-0.15, -0.1) is 0 Å². The van der Waals surface area contributed by atoms with E-state index in [9.17, 15) is 18.3 Å². The molecule has 0 fully saturated rings. The number of rotatable bonds is 3. The van der Waals surface area contributed by atoms with Crippen LogP contribution >= 0.6 is 15.9 Å². The van der Waals surface area contributed by atoms with Crippen molar-refractivity contribution < 1.29 is 27.8 Å². The Bertz CT molecular complexity index is 1120. The minimum atomic E-state index is -3.98. The van der Waals surface area contributed by atoms with Gasteiger partial charge in [0.15, 0.2) is 11.5 Å². The number of hydrogen-bond donors (Lipinski definition) is 1. The predicted octanol–water partition coefficient (Wildman–Crippen LogP) is 3.07. The van der Waals surface area contributed by atoms with Crippen molar-refractivity contribution in [1.82, 2.24) is 3.97 Å². The summed E-state index contributed by atoms with van der Waals surface area (Å²) in [6, 6.07) is 9.04. The average Bonchev–Trinajstić information content (AvgIpc) is 3.16. The molecule has 3 aromatic rings. The van der Waals surface area contributed by atoms with Gasteiger partial charge in [0.1, 0.15) is 0 Å². The summed E-state index contributed by atoms with van der Waals surface area (Å²) in [5.74, 6) is -0.475. The van der Waals surface area contributed by atoms with Crippen LogP contribution in [-0.2, 0) is 10.0 Å². The molecule has 128 valence electrons. The fraction of sp³-hybridized carbons (Fsp3) is 0.0625. The zero-order chi connectivity index (χ0) is 17.8. The third-order valence-corrected chi connectivity index (χ3v) is 6.08. The Balaban J connectivity index is 2.01. The highest BCUT2D eigenvalue weighted by molar-refractivity contribution is 9.10. The lowest BCUT2D eigenvalue weighted by Gasteiger charge is -2.08. The summed E-state index contributed by atoms with van der Waals surface area (Å²) in [5.41, 5.74) is 0.0820. The monoisotopic (exact) mass is 423 g/mol. The number of halogens is 1. The van der Waals surface area contributed by atoms with Crippen molar-refractivity contribution in [2.45, 2.75) is 4.90 Å². The number of ether oxygens (including phenoxy) is 2. The normalized spacial score (nSPS) is 13.3. The van der Waals surface area contributed by atoms with E-state index in [-0.39, 0.29) is 28.2 Å². The van der Waals surface area contributed by atoms with Gasteiger partial charge in [-0.1, -0.05) is 15.9 Å². The molecule has 4 rings (SSSR count). The van der Waals surface area contributed by atoms with E-state index in [0.717, 1.165) is 14.6 Å². The molecule has 0 aliphatic carbocycles. The third kappa shape index (κ3) is 2.47. The standard InChI is InChI=1S/C16H10BrNO6S/c17-9-1-3-10(4-2-9)25(21,22)18-7-12(16(19)20)11-5-14-15(6-13(11)18)24-8-23-14/h1-7H,8H2,(H,19,20). The number of benzene rings is 2. The number of aromatic carboxylic acids is 1. The van der Waals surface area contributed by atoms with Gasteiger partial charge in [-0.05, 0) is 30.3 Å². The molecular weight excluding hydrogens is 414 g/mol. The second kappa shape index (κ2) is 5.50. The summed E-state index contributed by atoms with van der Waals surface area (Å²) in [7, 11) is -3.98. The molecule has 25 heavy (non-hydrogen) atoms. The molecule has 1 aromatic heterocycles. The van der Waals surface area contributed by atoms with Gasteiger partial charge in [-0.2, -0.15) is 0 Å². The van der Waals surface area contributed by atoms with Crippen LogP contribution in [0.2, 0.25) is 0 Å². The SMILES string of the molecule is O=C(O)c1cn(S(=O)(=O)c2ccc(Br)cc2)c2cc3c(cc12)OCO3. The van der Waals surface area contributed by atoms with Gasteiger partial charge in [0, 0.05) is 22.1 Å². The van der Waals surface area contributed by atoms with Crippen LogP contribution in [0.3, 0.4) is 0 Å². The van der Waals surface area contributed by atoms with Crippen LogP contribution in [-0.4, -0.2) is 30.3 Å². The Morgan fingerprint density at radius 2 is 1.76 bits per heavy atom. The molecule has 1 N–H and O–H groups in total. The van der Waals surface area contributed by atoms with Crippen LogP contribution in [0.5, 0.6) is 11.5 Å². The Kier molecular flexibility index (Phi) is 3.51. The molecule has 1 aliphatic rings. The summed E-state index contributed by atoms with van der Waals surface area (Å²) < 4.78 is 38.2. The zero-order valence-corrected chi connectivity index (χ0v) is 14.9. The van der Waals surface area contributed by atoms with Crippen LogP contribution in [0.1, 0.15) is 10.4 Å². The summed E-state index contributed by atoms with van der Waals surface area (Å²) in [6.45, 7) is 0.00378. The molecule has 1 aliphatic heterocycles. The average molecular weight is 424 g/mol. The Morgan fingerprint density at radius 1 is 1.12 bits per heavy atom. The fourth-order valence-electron chi connectivity index (χ4n) is 2.68. The van der Waals surface area contributed by atoms with Gasteiger partial charge >= 0.3 is 5.97 Å². The van der Waals surface area contributed by atoms with Crippen LogP contribution < -0.4 is 9.47 Å². The molecule has 0 amide bonds. The van der Waals surface area contributed by atoms with Crippen molar-refractivity contribution in [3.8, 4) is 11.5 Å². The second-order valence-corrected chi connectivity index (χ2v) is 8.06. The summed E-state index contributed by atoms with van der Waals surface area (Å²) >= 11 is 3.26. The topological polar surface area (TPSA) is 94.8 Å². The van der Waals surface area contributed by atoms with E-state index in [2.05, 4.69) is 15.9 Å². The smallest absolute Gasteiger partial charge is 0.337 e. The molecule has 2 heterocycles. The lowest BCUT2D eigenvalue weighted by atomic mass is 10.1. The third-order valence-electron chi connectivity index (χ3n) is 3.87. The van der Waals surface area contributed by atoms with Crippen molar-refractivity contribution in [3.05, 3.63) is 52.6 Å². The van der Waals surface area contributed by atoms with Crippen LogP contribution in [0.4, 0.5) is 0 Å². The first-order valence-electron chi connectivity index (χ1n) is 7.07. The quantitative estimate of drug-likeness (QED) is 0.695. The zero-order valence-electron chi connectivity index (χ0n) is 12.5. The van der Waals surface area contributed by atoms with Gasteiger partial charge in [0.05, 0.1) is 16.0 Å². The number of nitrogens with zero attached hydrogens (tertiary/aromatic N) is 1. The number of carboxylic acids is 1. The number of fused-ring (bicyclic) bond motifs is 2. The Labute approximate surface area is 150 Å². The summed E-state index contributed by atoms with van der Waals surface area (Å²) in [5, 5.41) is 9.69. The van der Waals surface area contributed by atoms with Gasteiger partial charge in [-0.25, -0.2) is 17.2 Å². The number of hydrogen-bond acceptors (Lipinski definition) is 5. The first-order chi connectivity index (χ1) is 11.9. The van der Waals surface area contributed by atoms with Gasteiger partial charge in [0.2, 0.25) is 6.79 Å². The largest absolute Gasteiger partial charge is 0.478 e. The van der Waals surface area contributed by atoms with Gasteiger partial charge < -0.3 is 14.6 Å². The van der Waals surface area contributed by atoms with E-state index >= 15 is 0 Å². The van der Waals surface area contributed by atoms with Crippen molar-refractivity contribution in [2.24, 2.45) is 0 Å². The van der Waals surface area contributed by atoms with E-state index < -0.39 is 16.0 Å². The van der Waals surface area contributed by atoms with E-state index in [0.29, 0.717) is 11.5 Å². The molecule has 0 unspecified atom stereocenters. The van der Waals surface area contributed by atoms with E-state index in [1.165, 1.54) is 24.3 Å². The maximum Gasteiger partial charge on any atom is 0.337 e. The maximum atomic E-state index is 13.0. The van der Waals surface area contributed by atoms with Crippen LogP contribution in [0, 0.1) is 0 Å². The van der Waals surface area contributed by atoms with E-state index in [1.54, 1.807) is 12.1 Å². The Morgan fingerprint density at radius 3 is 2.40 bits per heavy atom. The van der Waals surface area contributed by atoms with Gasteiger partial charge in [0.25, 0.3) is 10.0 Å². The predicted molar refractivity (Wildman–Crippen MR) is 91.7 cm³/mol. The second-order valence-electron chi connectivity index (χ2n) is 5.33. The summed E-state index contributed by atoms with van der Waals surface area (Å²) in [4.78, 5) is 11.6. The van der Waals surface area contributed by atoms with Gasteiger partial charge in [-0.3, -0.25) is 0 Å². The molecule has 2 aromatic carbocycles. The lowest BCUT2D eigenvalue weighted by Crippen LogP contribution is -2.12. The highest BCUT2D eigenvalue weighted by atomic mass is 79.9. The highest BCUT2D eigenvalue weighted by Gasteiger charge is 2.26. The minimum absolute atomic E-state index is 0.00378. The Hall–Kier alpha value is -2.52. The maximum absolute atomic E-state index is 13.0. The molecule has 0 spiro atoms. The van der Waals surface area contributed by atoms with Crippen molar-refractivity contribution in [2.75, 3.05) is 6.79 Å². The summed E-state index contributed by atoms with van der Waals surface area (Å²) in [6.07, 6.45) is 1.10. The molecule has 0 atom stereocenters. The van der Waals surface area contributed by atoms with Crippen molar-refractivity contribution >= 4 is 42.8 Å². The molecular formula is C16H10BrNO6S. The molecule has 0 radical (unpaired) electrons.